The molecule has 0 aromatic carbocycles. The summed E-state index contributed by atoms with van der Waals surface area (Å²) in [6.45, 7) is 8.17. The smallest absolute Gasteiger partial charge is 0.321 e. The first-order chi connectivity index (χ1) is 12.4. The zero-order chi connectivity index (χ0) is 18.3. The van der Waals surface area contributed by atoms with Crippen LogP contribution in [0.1, 0.15) is 33.1 Å². The number of hydrogen-bond donors (Lipinski definition) is 2. The number of aliphatic imine (C=N–C) groups is 2. The minimum absolute atomic E-state index is 0.122. The van der Waals surface area contributed by atoms with Gasteiger partial charge in [0, 0.05) is 31.8 Å². The highest BCUT2D eigenvalue weighted by Gasteiger charge is 2.50. The summed E-state index contributed by atoms with van der Waals surface area (Å²) in [5, 5.41) is 13.0. The molecule has 2 unspecified atom stereocenters. The van der Waals surface area contributed by atoms with Crippen LogP contribution in [0.25, 0.3) is 0 Å². The van der Waals surface area contributed by atoms with E-state index in [0.29, 0.717) is 11.7 Å². The minimum atomic E-state index is -0.700. The lowest BCUT2D eigenvalue weighted by molar-refractivity contribution is -0.144. The number of amidine groups is 1. The molecule has 3 fully saturated rings. The van der Waals surface area contributed by atoms with Gasteiger partial charge in [0.1, 0.15) is 6.04 Å². The largest absolute Gasteiger partial charge is 0.480 e. The summed E-state index contributed by atoms with van der Waals surface area (Å²) < 4.78 is 0. The summed E-state index contributed by atoms with van der Waals surface area (Å²) in [6, 6.07) is -0.0642. The van der Waals surface area contributed by atoms with Gasteiger partial charge in [0.25, 0.3) is 0 Å². The van der Waals surface area contributed by atoms with Crippen molar-refractivity contribution >= 4 is 29.9 Å². The molecule has 4 heterocycles. The molecule has 4 aliphatic heterocycles. The Morgan fingerprint density at radius 1 is 1.46 bits per heavy atom. The molecule has 26 heavy (non-hydrogen) atoms. The highest BCUT2D eigenvalue weighted by molar-refractivity contribution is 8.00. The Morgan fingerprint density at radius 2 is 2.23 bits per heavy atom. The molecule has 0 saturated carbocycles. The molecule has 0 bridgehead atoms. The van der Waals surface area contributed by atoms with E-state index >= 15 is 0 Å². The number of carboxylic acid groups (broad SMARTS) is 1. The number of carbonyl (C=O) groups is 1. The Bertz CT molecular complexity index is 615. The molecule has 7 nitrogen and oxygen atoms in total. The number of aliphatic carboxylic acids is 1. The normalized spacial score (nSPS) is 34.5. The van der Waals surface area contributed by atoms with Gasteiger partial charge in [-0.15, -0.1) is 11.8 Å². The first-order valence-electron chi connectivity index (χ1n) is 9.60. The van der Waals surface area contributed by atoms with Crippen molar-refractivity contribution in [2.75, 3.05) is 31.9 Å². The standard InChI is InChI=1S/C18H29N5O2S/c1-18(2)10-19-15(21-18)7-12-3-5-22(6-4-12)11-20-13-8-23-14(17(24)25)9-26-16(13)23/h11-14,16H,3-10H2,1-2H3,(H,19,21)(H,24,25)/t13?,14-,16?/m1/s1. The second-order valence-electron chi connectivity index (χ2n) is 8.56. The molecular formula is C18H29N5O2S. The molecule has 4 rings (SSSR count). The van der Waals surface area contributed by atoms with Crippen molar-refractivity contribution in [3.05, 3.63) is 0 Å². The Hall–Kier alpha value is -1.28. The van der Waals surface area contributed by atoms with E-state index in [-0.39, 0.29) is 23.0 Å². The number of thioether (sulfide) groups is 1. The third-order valence-electron chi connectivity index (χ3n) is 5.86. The van der Waals surface area contributed by atoms with Crippen LogP contribution in [-0.2, 0) is 4.79 Å². The van der Waals surface area contributed by atoms with Gasteiger partial charge < -0.3 is 15.3 Å². The van der Waals surface area contributed by atoms with E-state index in [1.807, 2.05) is 6.34 Å². The van der Waals surface area contributed by atoms with Crippen molar-refractivity contribution in [3.8, 4) is 0 Å². The van der Waals surface area contributed by atoms with Crippen LogP contribution >= 0.6 is 11.8 Å². The average molecular weight is 380 g/mol. The Labute approximate surface area is 159 Å². The van der Waals surface area contributed by atoms with E-state index in [2.05, 4.69) is 34.0 Å². The second-order valence-corrected chi connectivity index (χ2v) is 9.71. The van der Waals surface area contributed by atoms with Gasteiger partial charge in [-0.3, -0.25) is 19.7 Å². The van der Waals surface area contributed by atoms with Crippen LogP contribution in [0, 0.1) is 5.92 Å². The summed E-state index contributed by atoms with van der Waals surface area (Å²) >= 11 is 1.73. The van der Waals surface area contributed by atoms with Gasteiger partial charge in [0.15, 0.2) is 0 Å². The first kappa shape index (κ1) is 18.1. The molecule has 4 aliphatic rings. The molecule has 0 aromatic heterocycles. The maximum atomic E-state index is 11.2. The maximum Gasteiger partial charge on any atom is 0.321 e. The Kier molecular flexibility index (Phi) is 4.90. The van der Waals surface area contributed by atoms with Crippen LogP contribution < -0.4 is 5.32 Å². The molecule has 3 saturated heterocycles. The zero-order valence-electron chi connectivity index (χ0n) is 15.6. The van der Waals surface area contributed by atoms with Crippen LogP contribution in [0.15, 0.2) is 9.98 Å². The molecule has 0 spiro atoms. The summed E-state index contributed by atoms with van der Waals surface area (Å²) in [4.78, 5) is 25.0. The molecule has 8 heteroatoms. The van der Waals surface area contributed by atoms with Crippen molar-refractivity contribution < 1.29 is 9.90 Å². The fourth-order valence-electron chi connectivity index (χ4n) is 4.23. The average Bonchev–Trinajstić information content (AvgIpc) is 3.09. The second kappa shape index (κ2) is 7.03. The number of rotatable bonds is 5. The van der Waals surface area contributed by atoms with Gasteiger partial charge >= 0.3 is 5.97 Å². The highest BCUT2D eigenvalue weighted by Crippen LogP contribution is 2.40. The fraction of sp³-hybridized carbons (Fsp3) is 0.833. The quantitative estimate of drug-likeness (QED) is 0.550. The minimum Gasteiger partial charge on any atom is -0.480 e. The van der Waals surface area contributed by atoms with E-state index in [1.165, 1.54) is 18.7 Å². The predicted molar refractivity (Wildman–Crippen MR) is 105 cm³/mol. The zero-order valence-corrected chi connectivity index (χ0v) is 16.4. The van der Waals surface area contributed by atoms with Crippen molar-refractivity contribution in [3.63, 3.8) is 0 Å². The van der Waals surface area contributed by atoms with Gasteiger partial charge in [-0.25, -0.2) is 0 Å². The third kappa shape index (κ3) is 3.71. The molecule has 2 N–H and O–H groups in total. The highest BCUT2D eigenvalue weighted by atomic mass is 32.2. The van der Waals surface area contributed by atoms with Gasteiger partial charge in [-0.05, 0) is 32.6 Å². The molecule has 3 atom stereocenters. The maximum absolute atomic E-state index is 11.2. The Balaban J connectivity index is 1.19. The summed E-state index contributed by atoms with van der Waals surface area (Å²) in [5.74, 6) is 1.88. The van der Waals surface area contributed by atoms with E-state index in [1.54, 1.807) is 11.8 Å². The number of nitrogens with one attached hydrogen (secondary N) is 1. The number of nitrogens with zero attached hydrogens (tertiary/aromatic N) is 4. The van der Waals surface area contributed by atoms with Gasteiger partial charge in [0.2, 0.25) is 0 Å². The number of fused-ring (bicyclic) bond motifs is 1. The van der Waals surface area contributed by atoms with Crippen LogP contribution in [0.3, 0.4) is 0 Å². The van der Waals surface area contributed by atoms with Crippen LogP contribution in [-0.4, -0.2) is 88.0 Å². The van der Waals surface area contributed by atoms with E-state index in [4.69, 9.17) is 4.99 Å². The van der Waals surface area contributed by atoms with Crippen LogP contribution in [0.5, 0.6) is 0 Å². The summed E-state index contributed by atoms with van der Waals surface area (Å²) in [5.41, 5.74) is 0.122. The number of carboxylic acids is 1. The van der Waals surface area contributed by atoms with Crippen LogP contribution in [0.2, 0.25) is 0 Å². The Morgan fingerprint density at radius 3 is 2.88 bits per heavy atom. The number of likely N-dealkylation sites (tertiary alicyclic amines) is 1. The van der Waals surface area contributed by atoms with E-state index < -0.39 is 5.97 Å². The lowest BCUT2D eigenvalue weighted by Crippen LogP contribution is -2.59. The van der Waals surface area contributed by atoms with Crippen molar-refractivity contribution in [1.29, 1.82) is 0 Å². The molecular weight excluding hydrogens is 350 g/mol. The fourth-order valence-corrected chi connectivity index (χ4v) is 5.74. The van der Waals surface area contributed by atoms with E-state index in [0.717, 1.165) is 32.6 Å². The number of piperidine rings is 1. The molecule has 0 aromatic rings. The predicted octanol–water partition coefficient (Wildman–Crippen LogP) is 1.11. The molecule has 0 aliphatic carbocycles. The van der Waals surface area contributed by atoms with Crippen molar-refractivity contribution in [2.24, 2.45) is 15.9 Å². The molecule has 0 radical (unpaired) electrons. The van der Waals surface area contributed by atoms with Crippen molar-refractivity contribution in [1.82, 2.24) is 15.1 Å². The van der Waals surface area contributed by atoms with E-state index in [9.17, 15) is 9.90 Å². The molecule has 0 amide bonds. The lowest BCUT2D eigenvalue weighted by atomic mass is 9.93. The van der Waals surface area contributed by atoms with Gasteiger partial charge in [0.05, 0.1) is 35.7 Å². The van der Waals surface area contributed by atoms with Crippen molar-refractivity contribution in [2.45, 2.75) is 56.1 Å². The third-order valence-corrected chi connectivity index (χ3v) is 7.30. The SMILES string of the molecule is CC1(C)CN=C(CC2CCN(C=NC3CN4C3SC[C@@H]4C(=O)O)CC2)N1. The topological polar surface area (TPSA) is 80.5 Å². The van der Waals surface area contributed by atoms with Gasteiger partial charge in [-0.2, -0.15) is 0 Å². The summed E-state index contributed by atoms with van der Waals surface area (Å²) in [7, 11) is 0. The first-order valence-corrected chi connectivity index (χ1v) is 10.7. The van der Waals surface area contributed by atoms with Crippen LogP contribution in [0.4, 0.5) is 0 Å². The molecule has 144 valence electrons. The number of hydrogen-bond acceptors (Lipinski definition) is 6. The lowest BCUT2D eigenvalue weighted by Gasteiger charge is -2.42. The van der Waals surface area contributed by atoms with Gasteiger partial charge in [-0.1, -0.05) is 0 Å². The summed E-state index contributed by atoms with van der Waals surface area (Å²) in [6.07, 6.45) is 5.45. The monoisotopic (exact) mass is 379 g/mol.